The van der Waals surface area contributed by atoms with E-state index in [4.69, 9.17) is 35.4 Å². The van der Waals surface area contributed by atoms with Gasteiger partial charge in [-0.2, -0.15) is 0 Å². The number of carboxylic acids is 3. The van der Waals surface area contributed by atoms with Crippen LogP contribution in [0.5, 0.6) is 0 Å². The molecule has 0 saturated heterocycles. The van der Waals surface area contributed by atoms with Gasteiger partial charge in [0.05, 0.1) is 19.8 Å². The van der Waals surface area contributed by atoms with Crippen molar-refractivity contribution in [1.82, 2.24) is 0 Å². The van der Waals surface area contributed by atoms with Crippen LogP contribution in [0.25, 0.3) is 0 Å². The van der Waals surface area contributed by atoms with Gasteiger partial charge in [-0.15, -0.1) is 0 Å². The van der Waals surface area contributed by atoms with Gasteiger partial charge in [0, 0.05) is 23.1 Å². The topological polar surface area (TPSA) is 182 Å². The lowest BCUT2D eigenvalue weighted by Crippen LogP contribution is -2.10. The molecule has 0 aliphatic carbocycles. The van der Waals surface area contributed by atoms with Gasteiger partial charge in [-0.3, -0.25) is 0 Å². The summed E-state index contributed by atoms with van der Waals surface area (Å²) in [5, 5.41) is 48.4. The molecule has 10 heteroatoms. The summed E-state index contributed by atoms with van der Waals surface area (Å²) in [6, 6.07) is 0. The standard InChI is InChI=1S/C5H12O4.3C4H6O2/c6-2-4-9-3-1-5(7)8;3*1-3(2)4(5)6/h5-8H,1-4H2;3*1H2,2H3,(H,5,6). The van der Waals surface area contributed by atoms with Crippen LogP contribution < -0.4 is 0 Å². The predicted octanol–water partition coefficient (Wildman–Crippen LogP) is 0.637. The van der Waals surface area contributed by atoms with Gasteiger partial charge in [0.15, 0.2) is 6.29 Å². The highest BCUT2D eigenvalue weighted by atomic mass is 16.5. The molecule has 0 aliphatic rings. The van der Waals surface area contributed by atoms with Crippen LogP contribution in [0.4, 0.5) is 0 Å². The number of hydrogen-bond donors (Lipinski definition) is 6. The summed E-state index contributed by atoms with van der Waals surface area (Å²) in [6.07, 6.45) is -1.11. The van der Waals surface area contributed by atoms with E-state index in [1.807, 2.05) is 0 Å². The van der Waals surface area contributed by atoms with Gasteiger partial charge >= 0.3 is 17.9 Å². The molecule has 0 aromatic carbocycles. The molecule has 0 aromatic heterocycles. The highest BCUT2D eigenvalue weighted by Crippen LogP contribution is 1.86. The lowest BCUT2D eigenvalue weighted by molar-refractivity contribution is -0.133. The molecular formula is C17H30O10. The van der Waals surface area contributed by atoms with Crippen LogP contribution in [0.2, 0.25) is 0 Å². The van der Waals surface area contributed by atoms with Crippen LogP contribution in [0.1, 0.15) is 27.2 Å². The molecule has 0 amide bonds. The van der Waals surface area contributed by atoms with Gasteiger partial charge in [-0.25, -0.2) is 14.4 Å². The van der Waals surface area contributed by atoms with Crippen molar-refractivity contribution >= 4 is 17.9 Å². The average molecular weight is 394 g/mol. The second-order valence-corrected chi connectivity index (χ2v) is 4.86. The fraction of sp³-hybridized carbons (Fsp3) is 0.471. The zero-order valence-corrected chi connectivity index (χ0v) is 15.8. The first-order valence-electron chi connectivity index (χ1n) is 7.41. The molecule has 6 N–H and O–H groups in total. The molecule has 0 unspecified atom stereocenters. The second-order valence-electron chi connectivity index (χ2n) is 4.86. The molecule has 27 heavy (non-hydrogen) atoms. The Morgan fingerprint density at radius 2 is 1.04 bits per heavy atom. The van der Waals surface area contributed by atoms with Crippen molar-refractivity contribution in [1.29, 1.82) is 0 Å². The Hall–Kier alpha value is -2.53. The van der Waals surface area contributed by atoms with E-state index in [9.17, 15) is 14.4 Å². The highest BCUT2D eigenvalue weighted by molar-refractivity contribution is 5.85. The van der Waals surface area contributed by atoms with Crippen molar-refractivity contribution < 1.29 is 49.8 Å². The van der Waals surface area contributed by atoms with E-state index < -0.39 is 24.2 Å². The van der Waals surface area contributed by atoms with E-state index in [1.54, 1.807) is 0 Å². The van der Waals surface area contributed by atoms with Crippen LogP contribution in [-0.2, 0) is 19.1 Å². The van der Waals surface area contributed by atoms with Crippen molar-refractivity contribution in [2.24, 2.45) is 0 Å². The molecular weight excluding hydrogens is 364 g/mol. The van der Waals surface area contributed by atoms with Crippen molar-refractivity contribution in [2.45, 2.75) is 33.5 Å². The highest BCUT2D eigenvalue weighted by Gasteiger charge is 1.95. The van der Waals surface area contributed by atoms with Gasteiger partial charge < -0.3 is 35.4 Å². The average Bonchev–Trinajstić information content (AvgIpc) is 2.52. The number of aliphatic carboxylic acids is 3. The van der Waals surface area contributed by atoms with Gasteiger partial charge in [0.25, 0.3) is 0 Å². The number of hydrogen-bond acceptors (Lipinski definition) is 7. The SMILES string of the molecule is C=C(C)C(=O)O.C=C(C)C(=O)O.C=C(C)C(=O)O.OCCOCCC(O)O. The Morgan fingerprint density at radius 1 is 0.778 bits per heavy atom. The predicted molar refractivity (Wildman–Crippen MR) is 98.1 cm³/mol. The van der Waals surface area contributed by atoms with Crippen LogP contribution in [0, 0.1) is 0 Å². The van der Waals surface area contributed by atoms with Crippen molar-refractivity contribution in [3.05, 3.63) is 36.5 Å². The monoisotopic (exact) mass is 394 g/mol. The summed E-state index contributed by atoms with van der Waals surface area (Å²) in [4.78, 5) is 28.8. The minimum Gasteiger partial charge on any atom is -0.478 e. The molecule has 0 aliphatic heterocycles. The number of aliphatic hydroxyl groups excluding tert-OH is 2. The zero-order valence-electron chi connectivity index (χ0n) is 15.8. The third-order valence-electron chi connectivity index (χ3n) is 1.85. The first kappa shape index (κ1) is 32.2. The number of carboxylic acid groups (broad SMARTS) is 3. The maximum atomic E-state index is 9.60. The molecule has 0 bridgehead atoms. The van der Waals surface area contributed by atoms with Crippen molar-refractivity contribution in [3.8, 4) is 0 Å². The van der Waals surface area contributed by atoms with E-state index in [0.717, 1.165) is 0 Å². The Morgan fingerprint density at radius 3 is 1.19 bits per heavy atom. The third-order valence-corrected chi connectivity index (χ3v) is 1.85. The molecule has 0 saturated carbocycles. The van der Waals surface area contributed by atoms with E-state index in [-0.39, 0.29) is 43.0 Å². The molecule has 0 spiro atoms. The largest absolute Gasteiger partial charge is 0.478 e. The fourth-order valence-corrected chi connectivity index (χ4v) is 0.355. The number of carbonyl (C=O) groups is 3. The van der Waals surface area contributed by atoms with Crippen LogP contribution >= 0.6 is 0 Å². The third kappa shape index (κ3) is 45.2. The Labute approximate surface area is 158 Å². The van der Waals surface area contributed by atoms with Crippen LogP contribution in [-0.4, -0.2) is 74.7 Å². The summed E-state index contributed by atoms with van der Waals surface area (Å²) in [5.74, 6) is -2.81. The summed E-state index contributed by atoms with van der Waals surface area (Å²) < 4.78 is 4.72. The maximum Gasteiger partial charge on any atom is 0.330 e. The fourth-order valence-electron chi connectivity index (χ4n) is 0.355. The lowest BCUT2D eigenvalue weighted by Gasteiger charge is -2.02. The van der Waals surface area contributed by atoms with E-state index >= 15 is 0 Å². The van der Waals surface area contributed by atoms with E-state index in [0.29, 0.717) is 0 Å². The Kier molecular flexibility index (Phi) is 25.6. The van der Waals surface area contributed by atoms with Gasteiger partial charge in [-0.1, -0.05) is 19.7 Å². The molecule has 0 atom stereocenters. The number of aliphatic hydroxyl groups is 3. The molecule has 0 heterocycles. The summed E-state index contributed by atoms with van der Waals surface area (Å²) in [6.45, 7) is 14.3. The van der Waals surface area contributed by atoms with Crippen LogP contribution in [0.15, 0.2) is 36.5 Å². The van der Waals surface area contributed by atoms with Crippen molar-refractivity contribution in [2.75, 3.05) is 19.8 Å². The van der Waals surface area contributed by atoms with E-state index in [1.165, 1.54) is 20.8 Å². The zero-order chi connectivity index (χ0) is 22.6. The molecule has 0 radical (unpaired) electrons. The van der Waals surface area contributed by atoms with Crippen LogP contribution in [0.3, 0.4) is 0 Å². The number of ether oxygens (including phenoxy) is 1. The van der Waals surface area contributed by atoms with Gasteiger partial charge in [-0.05, 0) is 20.8 Å². The molecule has 0 rings (SSSR count). The summed E-state index contributed by atoms with van der Waals surface area (Å²) in [5.41, 5.74) is 0.528. The summed E-state index contributed by atoms with van der Waals surface area (Å²) >= 11 is 0. The smallest absolute Gasteiger partial charge is 0.330 e. The molecule has 0 aromatic rings. The lowest BCUT2D eigenvalue weighted by atomic mass is 10.4. The van der Waals surface area contributed by atoms with Gasteiger partial charge in [0.2, 0.25) is 0 Å². The first-order valence-corrected chi connectivity index (χ1v) is 7.41. The molecule has 158 valence electrons. The maximum absolute atomic E-state index is 9.60. The Balaban J connectivity index is -0.000000133. The summed E-state index contributed by atoms with van der Waals surface area (Å²) in [7, 11) is 0. The first-order chi connectivity index (χ1) is 12.2. The second kappa shape index (κ2) is 21.5. The minimum absolute atomic E-state index is 0.0263. The number of rotatable bonds is 8. The normalized spacial score (nSPS) is 8.56. The van der Waals surface area contributed by atoms with E-state index in [2.05, 4.69) is 19.7 Å². The molecule has 0 fully saturated rings. The van der Waals surface area contributed by atoms with Crippen molar-refractivity contribution in [3.63, 3.8) is 0 Å². The quantitative estimate of drug-likeness (QED) is 0.194. The van der Waals surface area contributed by atoms with Gasteiger partial charge in [0.1, 0.15) is 0 Å². The molecule has 10 nitrogen and oxygen atoms in total. The minimum atomic E-state index is -1.30. The Bertz CT molecular complexity index is 387.